The molecule has 182 valence electrons. The molecule has 1 heterocycles. The molecule has 0 N–H and O–H groups in total. The number of fused-ring (bicyclic) bond motifs is 1. The van der Waals surface area contributed by atoms with Crippen LogP contribution in [0.4, 0.5) is 17.1 Å². The molecule has 1 aliphatic rings. The van der Waals surface area contributed by atoms with Crippen molar-refractivity contribution in [2.45, 2.75) is 9.79 Å². The Morgan fingerprint density at radius 2 is 1.17 bits per heavy atom. The van der Waals surface area contributed by atoms with E-state index in [2.05, 4.69) is 0 Å². The number of nitro groups is 1. The van der Waals surface area contributed by atoms with E-state index in [1.807, 2.05) is 0 Å². The first-order chi connectivity index (χ1) is 16.7. The predicted molar refractivity (Wildman–Crippen MR) is 131 cm³/mol. The van der Waals surface area contributed by atoms with Gasteiger partial charge < -0.3 is 4.74 Å². The average Bonchev–Trinajstić information content (AvgIpc) is 2.84. The summed E-state index contributed by atoms with van der Waals surface area (Å²) < 4.78 is 61.5. The Labute approximate surface area is 202 Å². The van der Waals surface area contributed by atoms with Crippen LogP contribution in [0.3, 0.4) is 0 Å². The lowest BCUT2D eigenvalue weighted by Gasteiger charge is -2.32. The van der Waals surface area contributed by atoms with Crippen molar-refractivity contribution in [3.63, 3.8) is 0 Å². The van der Waals surface area contributed by atoms with Crippen LogP contribution in [0.5, 0.6) is 5.75 Å². The zero-order valence-electron chi connectivity index (χ0n) is 18.5. The smallest absolute Gasteiger partial charge is 0.269 e. The maximum absolute atomic E-state index is 13.6. The number of nitro benzene ring substituents is 1. The Morgan fingerprint density at radius 3 is 1.57 bits per heavy atom. The molecule has 4 rings (SSSR count). The van der Waals surface area contributed by atoms with E-state index in [0.717, 1.165) is 32.9 Å². The Hall–Kier alpha value is -3.90. The fraction of sp³-hybridized carbons (Fsp3) is 0.130. The summed E-state index contributed by atoms with van der Waals surface area (Å²) in [5.41, 5.74) is 0.0964. The minimum Gasteiger partial charge on any atom is -0.497 e. The number of sulfonamides is 2. The maximum Gasteiger partial charge on any atom is 0.269 e. The summed E-state index contributed by atoms with van der Waals surface area (Å²) in [4.78, 5) is 10.2. The Kier molecular flexibility index (Phi) is 6.50. The van der Waals surface area contributed by atoms with Crippen molar-refractivity contribution >= 4 is 37.1 Å². The number of nitrogens with zero attached hydrogens (tertiary/aromatic N) is 3. The maximum atomic E-state index is 13.6. The lowest BCUT2D eigenvalue weighted by atomic mass is 10.2. The highest BCUT2D eigenvalue weighted by molar-refractivity contribution is 7.93. The minimum absolute atomic E-state index is 0.00318. The summed E-state index contributed by atoms with van der Waals surface area (Å²) >= 11 is 0. The van der Waals surface area contributed by atoms with Crippen molar-refractivity contribution in [2.24, 2.45) is 0 Å². The standard InChI is InChI=1S/C23H21N3O7S2/c1-33-19-10-14-21(15-11-19)35(31,32)25-17-5-4-16-24(22-6-2-3-7-23(22)25)34(29,30)20-12-8-18(9-13-20)26(27)28/h2-15H,16-17H2,1H3/b5-4-. The number of non-ortho nitro benzene ring substituents is 1. The molecule has 0 atom stereocenters. The fourth-order valence-electron chi connectivity index (χ4n) is 3.62. The van der Waals surface area contributed by atoms with E-state index in [9.17, 15) is 26.9 Å². The van der Waals surface area contributed by atoms with Crippen molar-refractivity contribution in [3.8, 4) is 5.75 Å². The molecule has 0 fully saturated rings. The molecular weight excluding hydrogens is 494 g/mol. The van der Waals surface area contributed by atoms with Crippen LogP contribution in [0.1, 0.15) is 0 Å². The molecule has 0 amide bonds. The topological polar surface area (TPSA) is 127 Å². The molecular formula is C23H21N3O7S2. The fourth-order valence-corrected chi connectivity index (χ4v) is 6.48. The third kappa shape index (κ3) is 4.57. The van der Waals surface area contributed by atoms with Crippen LogP contribution in [0.15, 0.2) is 94.7 Å². The number of rotatable bonds is 6. The van der Waals surface area contributed by atoms with E-state index in [0.29, 0.717) is 5.75 Å². The van der Waals surface area contributed by atoms with Crippen LogP contribution in [0.2, 0.25) is 0 Å². The quantitative estimate of drug-likeness (QED) is 0.279. The van der Waals surface area contributed by atoms with Crippen LogP contribution in [0.25, 0.3) is 0 Å². The van der Waals surface area contributed by atoms with Gasteiger partial charge in [0.15, 0.2) is 0 Å². The number of para-hydroxylation sites is 2. The molecule has 0 unspecified atom stereocenters. The minimum atomic E-state index is -4.18. The number of hydrogen-bond donors (Lipinski definition) is 0. The van der Waals surface area contributed by atoms with E-state index >= 15 is 0 Å². The van der Waals surface area contributed by atoms with Gasteiger partial charge in [-0.1, -0.05) is 24.3 Å². The van der Waals surface area contributed by atoms with Gasteiger partial charge in [0.2, 0.25) is 0 Å². The molecule has 1 aliphatic heterocycles. The van der Waals surface area contributed by atoms with Gasteiger partial charge in [0.1, 0.15) is 5.75 Å². The van der Waals surface area contributed by atoms with Gasteiger partial charge in [-0.05, 0) is 48.5 Å². The van der Waals surface area contributed by atoms with Crippen molar-refractivity contribution < 1.29 is 26.5 Å². The zero-order valence-corrected chi connectivity index (χ0v) is 20.1. The van der Waals surface area contributed by atoms with Gasteiger partial charge in [-0.3, -0.25) is 18.7 Å². The lowest BCUT2D eigenvalue weighted by molar-refractivity contribution is -0.384. The summed E-state index contributed by atoms with van der Waals surface area (Å²) in [6.45, 7) is -0.0520. The molecule has 0 saturated carbocycles. The lowest BCUT2D eigenvalue weighted by Crippen LogP contribution is -2.37. The van der Waals surface area contributed by atoms with Crippen molar-refractivity contribution in [2.75, 3.05) is 28.8 Å². The first-order valence-corrected chi connectivity index (χ1v) is 13.2. The molecule has 0 aromatic heterocycles. The normalized spacial score (nSPS) is 15.0. The highest BCUT2D eigenvalue weighted by Crippen LogP contribution is 2.37. The molecule has 0 saturated heterocycles. The van der Waals surface area contributed by atoms with E-state index in [1.165, 1.54) is 43.5 Å². The van der Waals surface area contributed by atoms with Crippen molar-refractivity contribution in [3.05, 3.63) is 95.1 Å². The number of ether oxygens (including phenoxy) is 1. The van der Waals surface area contributed by atoms with E-state index in [4.69, 9.17) is 4.74 Å². The summed E-state index contributed by atoms with van der Waals surface area (Å²) in [5.74, 6) is 0.497. The molecule has 0 radical (unpaired) electrons. The highest BCUT2D eigenvalue weighted by Gasteiger charge is 2.32. The molecule has 0 aliphatic carbocycles. The first kappa shape index (κ1) is 24.2. The van der Waals surface area contributed by atoms with Gasteiger partial charge in [0, 0.05) is 12.1 Å². The summed E-state index contributed by atoms with van der Waals surface area (Å²) in [5, 5.41) is 11.0. The average molecular weight is 516 g/mol. The van der Waals surface area contributed by atoms with Crippen molar-refractivity contribution in [1.29, 1.82) is 0 Å². The van der Waals surface area contributed by atoms with Crippen LogP contribution in [-0.2, 0) is 20.0 Å². The van der Waals surface area contributed by atoms with Gasteiger partial charge in [-0.15, -0.1) is 0 Å². The number of hydrogen-bond acceptors (Lipinski definition) is 7. The Bertz CT molecular complexity index is 1480. The third-order valence-electron chi connectivity index (χ3n) is 5.41. The van der Waals surface area contributed by atoms with Gasteiger partial charge in [0.05, 0.1) is 46.3 Å². The molecule has 3 aromatic carbocycles. The Balaban J connectivity index is 1.81. The van der Waals surface area contributed by atoms with Crippen LogP contribution < -0.4 is 13.3 Å². The second-order valence-corrected chi connectivity index (χ2v) is 11.2. The van der Waals surface area contributed by atoms with Gasteiger partial charge in [-0.25, -0.2) is 16.8 Å². The molecule has 35 heavy (non-hydrogen) atoms. The van der Waals surface area contributed by atoms with Crippen molar-refractivity contribution in [1.82, 2.24) is 0 Å². The summed E-state index contributed by atoms with van der Waals surface area (Å²) in [6.07, 6.45) is 3.14. The number of methoxy groups -OCH3 is 1. The van der Waals surface area contributed by atoms with Gasteiger partial charge in [-0.2, -0.15) is 0 Å². The van der Waals surface area contributed by atoms with E-state index in [-0.39, 0.29) is 39.9 Å². The zero-order chi connectivity index (χ0) is 25.2. The second kappa shape index (κ2) is 9.39. The second-order valence-electron chi connectivity index (χ2n) is 7.46. The monoisotopic (exact) mass is 515 g/mol. The molecule has 10 nitrogen and oxygen atoms in total. The SMILES string of the molecule is COc1ccc(S(=O)(=O)N2C/C=C\CN(S(=O)(=O)c3ccc([N+](=O)[O-])cc3)c3ccccc32)cc1. The molecule has 3 aromatic rings. The van der Waals surface area contributed by atoms with E-state index in [1.54, 1.807) is 24.3 Å². The summed E-state index contributed by atoms with van der Waals surface area (Å²) in [7, 11) is -6.76. The third-order valence-corrected chi connectivity index (χ3v) is 9.00. The highest BCUT2D eigenvalue weighted by atomic mass is 32.2. The van der Waals surface area contributed by atoms with Gasteiger partial charge >= 0.3 is 0 Å². The van der Waals surface area contributed by atoms with Gasteiger partial charge in [0.25, 0.3) is 25.7 Å². The van der Waals surface area contributed by atoms with Crippen LogP contribution in [0, 0.1) is 10.1 Å². The van der Waals surface area contributed by atoms with E-state index < -0.39 is 25.0 Å². The Morgan fingerprint density at radius 1 is 0.743 bits per heavy atom. The largest absolute Gasteiger partial charge is 0.497 e. The number of benzene rings is 3. The molecule has 12 heteroatoms. The van der Waals surface area contributed by atoms with Crippen LogP contribution in [-0.4, -0.2) is 42.0 Å². The first-order valence-electron chi connectivity index (χ1n) is 10.3. The molecule has 0 bridgehead atoms. The van der Waals surface area contributed by atoms with Crippen LogP contribution >= 0.6 is 0 Å². The number of anilines is 2. The predicted octanol–water partition coefficient (Wildman–Crippen LogP) is 3.56. The summed E-state index contributed by atoms with van der Waals surface area (Å²) in [6, 6.07) is 16.7. The molecule has 0 spiro atoms.